The van der Waals surface area contributed by atoms with Crippen molar-refractivity contribution in [3.8, 4) is 16.9 Å². The van der Waals surface area contributed by atoms with Crippen molar-refractivity contribution in [3.63, 3.8) is 0 Å². The number of hydrogen-bond donors (Lipinski definition) is 2. The Morgan fingerprint density at radius 3 is 2.40 bits per heavy atom. The number of halogens is 1. The number of carbonyl (C=O) groups is 3. The number of aromatic carboxylic acids is 1. The lowest BCUT2D eigenvalue weighted by molar-refractivity contribution is -0.119. The molecule has 1 atom stereocenters. The number of aryl methyl sites for hydroxylation is 2. The first-order chi connectivity index (χ1) is 19.1. The zero-order valence-corrected chi connectivity index (χ0v) is 22.8. The predicted molar refractivity (Wildman–Crippen MR) is 150 cm³/mol. The van der Waals surface area contributed by atoms with Crippen molar-refractivity contribution in [2.75, 3.05) is 12.4 Å². The molecule has 0 aliphatic heterocycles. The van der Waals surface area contributed by atoms with Gasteiger partial charge in [0.15, 0.2) is 5.78 Å². The quantitative estimate of drug-likeness (QED) is 0.269. The third-order valence-electron chi connectivity index (χ3n) is 6.42. The van der Waals surface area contributed by atoms with Crippen molar-refractivity contribution >= 4 is 34.9 Å². The highest BCUT2D eigenvalue weighted by Crippen LogP contribution is 2.34. The van der Waals surface area contributed by atoms with E-state index in [2.05, 4.69) is 10.4 Å². The van der Waals surface area contributed by atoms with Gasteiger partial charge in [0.05, 0.1) is 25.1 Å². The summed E-state index contributed by atoms with van der Waals surface area (Å²) in [4.78, 5) is 50.5. The van der Waals surface area contributed by atoms with E-state index in [-0.39, 0.29) is 23.5 Å². The Bertz CT molecular complexity index is 1640. The van der Waals surface area contributed by atoms with Crippen LogP contribution in [-0.4, -0.2) is 44.2 Å². The number of aromatic nitrogens is 3. The van der Waals surface area contributed by atoms with Gasteiger partial charge in [0.25, 0.3) is 5.56 Å². The summed E-state index contributed by atoms with van der Waals surface area (Å²) < 4.78 is 8.54. The number of pyridine rings is 1. The molecule has 4 aromatic rings. The number of anilines is 1. The number of amides is 1. The molecule has 10 nitrogen and oxygen atoms in total. The number of ether oxygens (including phenoxy) is 1. The van der Waals surface area contributed by atoms with Crippen LogP contribution in [0.3, 0.4) is 0 Å². The first-order valence-electron chi connectivity index (χ1n) is 12.3. The maximum atomic E-state index is 13.5. The molecule has 0 saturated carbocycles. The van der Waals surface area contributed by atoms with E-state index in [9.17, 15) is 19.2 Å². The second-order valence-corrected chi connectivity index (χ2v) is 9.63. The molecule has 40 heavy (non-hydrogen) atoms. The lowest BCUT2D eigenvalue weighted by atomic mass is 9.97. The summed E-state index contributed by atoms with van der Waals surface area (Å²) in [6.45, 7) is 1.42. The van der Waals surface area contributed by atoms with Crippen LogP contribution in [0.4, 0.5) is 5.69 Å². The molecule has 2 aromatic heterocycles. The predicted octanol–water partition coefficient (Wildman–Crippen LogP) is 4.62. The number of ketones is 1. The summed E-state index contributed by atoms with van der Waals surface area (Å²) in [6, 6.07) is 10.9. The first-order valence-corrected chi connectivity index (χ1v) is 12.7. The fourth-order valence-electron chi connectivity index (χ4n) is 4.41. The molecule has 0 radical (unpaired) electrons. The summed E-state index contributed by atoms with van der Waals surface area (Å²) in [5.74, 6) is -1.50. The molecule has 11 heteroatoms. The third-order valence-corrected chi connectivity index (χ3v) is 6.65. The van der Waals surface area contributed by atoms with Gasteiger partial charge < -0.3 is 15.2 Å². The fourth-order valence-corrected chi connectivity index (χ4v) is 4.59. The van der Waals surface area contributed by atoms with Crippen molar-refractivity contribution in [3.05, 3.63) is 99.2 Å². The smallest absolute Gasteiger partial charge is 0.335 e. The van der Waals surface area contributed by atoms with Crippen LogP contribution in [0.25, 0.3) is 11.1 Å². The van der Waals surface area contributed by atoms with E-state index in [1.54, 1.807) is 36.1 Å². The largest absolute Gasteiger partial charge is 0.495 e. The maximum absolute atomic E-state index is 13.5. The van der Waals surface area contributed by atoms with Crippen LogP contribution < -0.4 is 15.6 Å². The van der Waals surface area contributed by atoms with Gasteiger partial charge in [0.2, 0.25) is 5.91 Å². The van der Waals surface area contributed by atoms with Crippen molar-refractivity contribution in [2.45, 2.75) is 25.8 Å². The Morgan fingerprint density at radius 1 is 1.07 bits per heavy atom. The van der Waals surface area contributed by atoms with Crippen molar-refractivity contribution < 1.29 is 24.2 Å². The van der Waals surface area contributed by atoms with Gasteiger partial charge >= 0.3 is 5.97 Å². The summed E-state index contributed by atoms with van der Waals surface area (Å²) in [5.41, 5.74) is 2.03. The Labute approximate surface area is 234 Å². The van der Waals surface area contributed by atoms with Crippen LogP contribution in [-0.2, 0) is 18.3 Å². The van der Waals surface area contributed by atoms with Crippen LogP contribution in [0.1, 0.15) is 45.7 Å². The van der Waals surface area contributed by atoms with E-state index in [4.69, 9.17) is 21.4 Å². The zero-order valence-electron chi connectivity index (χ0n) is 22.1. The van der Waals surface area contributed by atoms with E-state index in [0.29, 0.717) is 33.8 Å². The monoisotopic (exact) mass is 562 g/mol. The van der Waals surface area contributed by atoms with Crippen LogP contribution >= 0.6 is 11.6 Å². The van der Waals surface area contributed by atoms with Crippen LogP contribution in [0.2, 0.25) is 5.02 Å². The van der Waals surface area contributed by atoms with Gasteiger partial charge in [-0.3, -0.25) is 23.6 Å². The number of methoxy groups -OCH3 is 1. The Balaban J connectivity index is 1.75. The number of hydrogen-bond acceptors (Lipinski definition) is 6. The minimum atomic E-state index is -1.08. The molecule has 2 aromatic carbocycles. The Kier molecular flexibility index (Phi) is 8.49. The number of benzene rings is 2. The molecule has 1 amide bonds. The van der Waals surface area contributed by atoms with E-state index < -0.39 is 23.5 Å². The minimum Gasteiger partial charge on any atom is -0.495 e. The number of nitrogens with one attached hydrogen (secondary N) is 1. The van der Waals surface area contributed by atoms with E-state index in [1.165, 1.54) is 55.1 Å². The third kappa shape index (κ3) is 6.29. The molecular formula is C29H27ClN4O6. The van der Waals surface area contributed by atoms with E-state index >= 15 is 0 Å². The van der Waals surface area contributed by atoms with Gasteiger partial charge in [-0.05, 0) is 73.4 Å². The summed E-state index contributed by atoms with van der Waals surface area (Å²) >= 11 is 6.21. The van der Waals surface area contributed by atoms with Crippen LogP contribution in [0.5, 0.6) is 5.75 Å². The molecular weight excluding hydrogens is 536 g/mol. The average Bonchev–Trinajstić information content (AvgIpc) is 3.34. The number of nitrogens with zero attached hydrogens (tertiary/aromatic N) is 3. The van der Waals surface area contributed by atoms with Crippen molar-refractivity contribution in [1.29, 1.82) is 0 Å². The van der Waals surface area contributed by atoms with E-state index in [0.717, 1.165) is 5.56 Å². The van der Waals surface area contributed by atoms with Gasteiger partial charge in [-0.25, -0.2) is 4.79 Å². The Hall–Kier alpha value is -4.70. The normalized spacial score (nSPS) is 11.6. The van der Waals surface area contributed by atoms with Crippen molar-refractivity contribution in [1.82, 2.24) is 14.3 Å². The standard InChI is InChI=1S/C29H27ClN4O6/c1-17(35)22-10-7-20(30)12-23(22)24-13-27(36)34(16-26(24)40-3)25(11-4-18-14-31-33(2)15-18)28(37)32-21-8-5-19(6-9-21)29(38)39/h5-10,12-16,25H,4,11H2,1-3H3,(H,32,37)(H,38,39)/t25-/m0/s1. The summed E-state index contributed by atoms with van der Waals surface area (Å²) in [5, 5.41) is 16.5. The van der Waals surface area contributed by atoms with Gasteiger partial charge in [0, 0.05) is 41.1 Å². The van der Waals surface area contributed by atoms with Gasteiger partial charge in [-0.15, -0.1) is 0 Å². The highest BCUT2D eigenvalue weighted by atomic mass is 35.5. The lowest BCUT2D eigenvalue weighted by Gasteiger charge is -2.21. The molecule has 206 valence electrons. The number of carboxylic acids is 1. The second-order valence-electron chi connectivity index (χ2n) is 9.20. The summed E-state index contributed by atoms with van der Waals surface area (Å²) in [7, 11) is 3.22. The molecule has 0 fully saturated rings. The molecule has 0 aliphatic carbocycles. The zero-order chi connectivity index (χ0) is 29.0. The molecule has 0 aliphatic rings. The SMILES string of the molecule is COc1cn([C@@H](CCc2cnn(C)c2)C(=O)Nc2ccc(C(=O)O)cc2)c(=O)cc1-c1cc(Cl)ccc1C(C)=O. The highest BCUT2D eigenvalue weighted by Gasteiger charge is 2.25. The topological polar surface area (TPSA) is 133 Å². The first kappa shape index (κ1) is 28.3. The summed E-state index contributed by atoms with van der Waals surface area (Å²) in [6.07, 6.45) is 5.67. The number of carbonyl (C=O) groups excluding carboxylic acids is 2. The van der Waals surface area contributed by atoms with Crippen molar-refractivity contribution in [2.24, 2.45) is 7.05 Å². The molecule has 0 saturated heterocycles. The molecule has 0 bridgehead atoms. The molecule has 0 unspecified atom stereocenters. The molecule has 2 heterocycles. The number of rotatable bonds is 10. The molecule has 2 N–H and O–H groups in total. The van der Waals surface area contributed by atoms with Crippen LogP contribution in [0.15, 0.2) is 71.9 Å². The Morgan fingerprint density at radius 2 is 1.80 bits per heavy atom. The van der Waals surface area contributed by atoms with Gasteiger partial charge in [-0.2, -0.15) is 5.10 Å². The lowest BCUT2D eigenvalue weighted by Crippen LogP contribution is -2.33. The van der Waals surface area contributed by atoms with Gasteiger partial charge in [-0.1, -0.05) is 11.6 Å². The fraction of sp³-hybridized carbons (Fsp3) is 0.207. The molecule has 4 rings (SSSR count). The maximum Gasteiger partial charge on any atom is 0.335 e. The average molecular weight is 563 g/mol. The van der Waals surface area contributed by atoms with Crippen LogP contribution in [0, 0.1) is 0 Å². The minimum absolute atomic E-state index is 0.0774. The number of Topliss-reactive ketones (excluding diaryl/α,β-unsaturated/α-hetero) is 1. The van der Waals surface area contributed by atoms with Gasteiger partial charge in [0.1, 0.15) is 11.8 Å². The second kappa shape index (κ2) is 12.0. The number of carboxylic acid groups (broad SMARTS) is 1. The van der Waals surface area contributed by atoms with E-state index in [1.807, 2.05) is 6.20 Å². The highest BCUT2D eigenvalue weighted by molar-refractivity contribution is 6.31. The molecule has 0 spiro atoms.